The van der Waals surface area contributed by atoms with Gasteiger partial charge in [-0.25, -0.2) is 8.42 Å². The summed E-state index contributed by atoms with van der Waals surface area (Å²) in [4.78, 5) is 15.3. The van der Waals surface area contributed by atoms with E-state index in [0.717, 1.165) is 15.4 Å². The molecule has 0 heterocycles. The highest BCUT2D eigenvalue weighted by Gasteiger charge is 2.27. The summed E-state index contributed by atoms with van der Waals surface area (Å²) < 4.78 is 28.7. The lowest BCUT2D eigenvalue weighted by Crippen LogP contribution is -2.45. The summed E-state index contributed by atoms with van der Waals surface area (Å²) in [5.74, 6) is -0.451. The van der Waals surface area contributed by atoms with Gasteiger partial charge in [0.15, 0.2) is 0 Å². The Morgan fingerprint density at radius 3 is 2.09 bits per heavy atom. The Labute approximate surface area is 214 Å². The molecule has 0 aromatic heterocycles. The number of carbonyl (C=O) groups is 1. The number of carbonyl (C=O) groups excluding carboxylic acids is 1. The van der Waals surface area contributed by atoms with Gasteiger partial charge in [0.05, 0.1) is 10.6 Å². The maximum absolute atomic E-state index is 13.4. The maximum atomic E-state index is 13.4. The standard InChI is InChI=1S/C27H23ClN2O3S2/c28-21-15-17-23(18-16-21)35(32,33)30-25(19-20-9-3-1-4-10-20)27(31)29-24-13-7-8-14-26(24)34-22-11-5-2-6-12-22/h1-18,25,30H,19H2,(H,29,31)/t25-/m1/s1. The van der Waals surface area contributed by atoms with Crippen LogP contribution in [0.25, 0.3) is 0 Å². The van der Waals surface area contributed by atoms with Crippen LogP contribution in [0.15, 0.2) is 124 Å². The van der Waals surface area contributed by atoms with Crippen molar-refractivity contribution in [3.63, 3.8) is 0 Å². The molecular weight excluding hydrogens is 500 g/mol. The van der Waals surface area contributed by atoms with E-state index in [1.807, 2.05) is 78.9 Å². The zero-order valence-corrected chi connectivity index (χ0v) is 21.0. The third kappa shape index (κ3) is 6.96. The van der Waals surface area contributed by atoms with E-state index < -0.39 is 22.0 Å². The molecule has 1 amide bonds. The van der Waals surface area contributed by atoms with Crippen molar-refractivity contribution in [1.29, 1.82) is 0 Å². The molecule has 0 bridgehead atoms. The van der Waals surface area contributed by atoms with Gasteiger partial charge < -0.3 is 5.32 Å². The smallest absolute Gasteiger partial charge is 0.242 e. The molecular formula is C27H23ClN2O3S2. The highest BCUT2D eigenvalue weighted by molar-refractivity contribution is 7.99. The number of hydrogen-bond donors (Lipinski definition) is 2. The van der Waals surface area contributed by atoms with Crippen LogP contribution < -0.4 is 10.0 Å². The van der Waals surface area contributed by atoms with Crippen molar-refractivity contribution in [2.24, 2.45) is 0 Å². The lowest BCUT2D eigenvalue weighted by Gasteiger charge is -2.20. The highest BCUT2D eigenvalue weighted by Crippen LogP contribution is 2.33. The number of hydrogen-bond acceptors (Lipinski definition) is 4. The molecule has 5 nitrogen and oxygen atoms in total. The van der Waals surface area contributed by atoms with Gasteiger partial charge in [-0.15, -0.1) is 0 Å². The predicted octanol–water partition coefficient (Wildman–Crippen LogP) is 6.02. The summed E-state index contributed by atoms with van der Waals surface area (Å²) in [6.07, 6.45) is 0.188. The van der Waals surface area contributed by atoms with E-state index in [9.17, 15) is 13.2 Å². The lowest BCUT2D eigenvalue weighted by atomic mass is 10.1. The normalized spacial score (nSPS) is 12.1. The molecule has 4 aromatic rings. The quantitative estimate of drug-likeness (QED) is 0.282. The Morgan fingerprint density at radius 2 is 1.40 bits per heavy atom. The van der Waals surface area contributed by atoms with E-state index in [0.29, 0.717) is 10.7 Å². The molecule has 4 aromatic carbocycles. The van der Waals surface area contributed by atoms with Gasteiger partial charge in [0.25, 0.3) is 0 Å². The van der Waals surface area contributed by atoms with Gasteiger partial charge in [-0.05, 0) is 60.5 Å². The van der Waals surface area contributed by atoms with Crippen molar-refractivity contribution in [3.8, 4) is 0 Å². The minimum atomic E-state index is -3.97. The first-order valence-corrected chi connectivity index (χ1v) is 13.5. The van der Waals surface area contributed by atoms with Crippen molar-refractivity contribution in [2.45, 2.75) is 27.1 Å². The van der Waals surface area contributed by atoms with E-state index >= 15 is 0 Å². The number of anilines is 1. The Kier molecular flexibility index (Phi) is 8.25. The molecule has 0 fully saturated rings. The molecule has 0 saturated heterocycles. The molecule has 35 heavy (non-hydrogen) atoms. The van der Waals surface area contributed by atoms with Gasteiger partial charge >= 0.3 is 0 Å². The summed E-state index contributed by atoms with van der Waals surface area (Å²) >= 11 is 7.42. The second-order valence-electron chi connectivity index (χ2n) is 7.72. The molecule has 178 valence electrons. The van der Waals surface area contributed by atoms with Crippen LogP contribution in [0.4, 0.5) is 5.69 Å². The Bertz CT molecular complexity index is 1380. The summed E-state index contributed by atoms with van der Waals surface area (Å²) in [5, 5.41) is 3.35. The molecule has 8 heteroatoms. The SMILES string of the molecule is O=C(Nc1ccccc1Sc1ccccc1)[C@@H](Cc1ccccc1)NS(=O)(=O)c1ccc(Cl)cc1. The summed E-state index contributed by atoms with van der Waals surface area (Å²) in [5.41, 5.74) is 1.44. The molecule has 1 atom stereocenters. The second-order valence-corrected chi connectivity index (χ2v) is 11.0. The number of para-hydroxylation sites is 1. The van der Waals surface area contributed by atoms with Gasteiger partial charge in [0.1, 0.15) is 6.04 Å². The molecule has 0 spiro atoms. The zero-order chi connectivity index (χ0) is 24.7. The first-order chi connectivity index (χ1) is 16.9. The van der Waals surface area contributed by atoms with Crippen LogP contribution in [0.5, 0.6) is 0 Å². The minimum Gasteiger partial charge on any atom is -0.324 e. The highest BCUT2D eigenvalue weighted by atomic mass is 35.5. The molecule has 2 N–H and O–H groups in total. The predicted molar refractivity (Wildman–Crippen MR) is 141 cm³/mol. The fourth-order valence-corrected chi connectivity index (χ4v) is 5.65. The van der Waals surface area contributed by atoms with Crippen molar-refractivity contribution < 1.29 is 13.2 Å². The van der Waals surface area contributed by atoms with E-state index in [1.54, 1.807) is 6.07 Å². The average molecular weight is 523 g/mol. The molecule has 0 aliphatic heterocycles. The number of nitrogens with one attached hydrogen (secondary N) is 2. The summed E-state index contributed by atoms with van der Waals surface area (Å²) in [6.45, 7) is 0. The van der Waals surface area contributed by atoms with E-state index in [-0.39, 0.29) is 11.3 Å². The van der Waals surface area contributed by atoms with Crippen molar-refractivity contribution >= 4 is 45.0 Å². The maximum Gasteiger partial charge on any atom is 0.242 e. The Hall–Kier alpha value is -3.10. The number of rotatable bonds is 9. The molecule has 0 radical (unpaired) electrons. The van der Waals surface area contributed by atoms with Gasteiger partial charge in [0.2, 0.25) is 15.9 Å². The number of halogens is 1. The molecule has 0 unspecified atom stereocenters. The molecule has 0 aliphatic rings. The first-order valence-electron chi connectivity index (χ1n) is 10.9. The topological polar surface area (TPSA) is 75.3 Å². The molecule has 0 saturated carbocycles. The van der Waals surface area contributed by atoms with Crippen LogP contribution in [0.1, 0.15) is 5.56 Å². The summed E-state index contributed by atoms with van der Waals surface area (Å²) in [7, 11) is -3.97. The molecule has 0 aliphatic carbocycles. The first kappa shape index (κ1) is 25.0. The van der Waals surface area contributed by atoms with Crippen molar-refractivity contribution in [1.82, 2.24) is 4.72 Å². The van der Waals surface area contributed by atoms with Crippen molar-refractivity contribution in [2.75, 3.05) is 5.32 Å². The van der Waals surface area contributed by atoms with Crippen LogP contribution in [0, 0.1) is 0 Å². The molecule has 4 rings (SSSR count). The van der Waals surface area contributed by atoms with E-state index in [4.69, 9.17) is 11.6 Å². The minimum absolute atomic E-state index is 0.0350. The largest absolute Gasteiger partial charge is 0.324 e. The monoisotopic (exact) mass is 522 g/mol. The Morgan fingerprint density at radius 1 is 0.800 bits per heavy atom. The van der Waals surface area contributed by atoms with Crippen molar-refractivity contribution in [3.05, 3.63) is 120 Å². The third-order valence-electron chi connectivity index (χ3n) is 5.14. The van der Waals surface area contributed by atoms with Gasteiger partial charge in [-0.1, -0.05) is 84.0 Å². The van der Waals surface area contributed by atoms with Gasteiger partial charge in [-0.2, -0.15) is 4.72 Å². The lowest BCUT2D eigenvalue weighted by molar-refractivity contribution is -0.117. The number of benzene rings is 4. The third-order valence-corrected chi connectivity index (χ3v) is 7.96. The average Bonchev–Trinajstić information content (AvgIpc) is 2.86. The van der Waals surface area contributed by atoms with Gasteiger partial charge in [0, 0.05) is 14.8 Å². The van der Waals surface area contributed by atoms with Crippen LogP contribution in [-0.2, 0) is 21.2 Å². The number of amides is 1. The van der Waals surface area contributed by atoms with Crippen LogP contribution in [-0.4, -0.2) is 20.4 Å². The van der Waals surface area contributed by atoms with Crippen LogP contribution in [0.3, 0.4) is 0 Å². The number of sulfonamides is 1. The van der Waals surface area contributed by atoms with Crippen LogP contribution in [0.2, 0.25) is 5.02 Å². The van der Waals surface area contributed by atoms with E-state index in [1.165, 1.54) is 36.0 Å². The van der Waals surface area contributed by atoms with E-state index in [2.05, 4.69) is 10.0 Å². The van der Waals surface area contributed by atoms with Gasteiger partial charge in [-0.3, -0.25) is 4.79 Å². The fraction of sp³-hybridized carbons (Fsp3) is 0.0741. The fourth-order valence-electron chi connectivity index (χ4n) is 3.40. The second kappa shape index (κ2) is 11.6. The zero-order valence-electron chi connectivity index (χ0n) is 18.6. The summed E-state index contributed by atoms with van der Waals surface area (Å²) in [6, 6.07) is 31.3. The van der Waals surface area contributed by atoms with Crippen LogP contribution >= 0.6 is 23.4 Å². The Balaban J connectivity index is 1.59.